The highest BCUT2D eigenvalue weighted by molar-refractivity contribution is 6.31. The van der Waals surface area contributed by atoms with Crippen LogP contribution in [0.4, 0.5) is 5.69 Å². The van der Waals surface area contributed by atoms with Gasteiger partial charge in [-0.1, -0.05) is 67.3 Å². The van der Waals surface area contributed by atoms with Crippen LogP contribution in [0.25, 0.3) is 0 Å². The van der Waals surface area contributed by atoms with E-state index >= 15 is 0 Å². The van der Waals surface area contributed by atoms with Gasteiger partial charge < -0.3 is 10.0 Å². The molecule has 2 aliphatic heterocycles. The van der Waals surface area contributed by atoms with Crippen molar-refractivity contribution in [3.05, 3.63) is 64.7 Å². The van der Waals surface area contributed by atoms with Gasteiger partial charge in [-0.3, -0.25) is 9.69 Å². The molecule has 30 heavy (non-hydrogen) atoms. The second-order valence-electron chi connectivity index (χ2n) is 8.95. The third-order valence-electron chi connectivity index (χ3n) is 7.36. The molecule has 1 N–H and O–H groups in total. The lowest BCUT2D eigenvalue weighted by Crippen LogP contribution is -2.69. The Morgan fingerprint density at radius 1 is 1.03 bits per heavy atom. The van der Waals surface area contributed by atoms with Gasteiger partial charge in [0.05, 0.1) is 6.61 Å². The summed E-state index contributed by atoms with van der Waals surface area (Å²) >= 11 is 6.42. The zero-order valence-electron chi connectivity index (χ0n) is 17.2. The fourth-order valence-electron chi connectivity index (χ4n) is 5.80. The van der Waals surface area contributed by atoms with E-state index in [4.69, 9.17) is 11.6 Å². The van der Waals surface area contributed by atoms with Gasteiger partial charge in [0.2, 0.25) is 5.91 Å². The minimum Gasteiger partial charge on any atom is -0.395 e. The normalized spacial score (nSPS) is 26.6. The van der Waals surface area contributed by atoms with E-state index in [1.807, 2.05) is 35.2 Å². The first-order valence-electron chi connectivity index (χ1n) is 11.2. The highest BCUT2D eigenvalue weighted by Crippen LogP contribution is 2.49. The van der Waals surface area contributed by atoms with Crippen molar-refractivity contribution in [1.29, 1.82) is 0 Å². The number of para-hydroxylation sites is 1. The number of rotatable bonds is 4. The molecule has 5 heteroatoms. The van der Waals surface area contributed by atoms with Gasteiger partial charge in [0, 0.05) is 47.7 Å². The molecule has 5 rings (SSSR count). The molecule has 0 radical (unpaired) electrons. The second-order valence-corrected chi connectivity index (χ2v) is 9.36. The minimum atomic E-state index is 0.0550. The van der Waals surface area contributed by atoms with Crippen molar-refractivity contribution in [1.82, 2.24) is 4.90 Å². The number of likely N-dealkylation sites (tertiary alicyclic amines) is 1. The Morgan fingerprint density at radius 2 is 1.77 bits per heavy atom. The Morgan fingerprint density at radius 3 is 2.53 bits per heavy atom. The first-order valence-corrected chi connectivity index (χ1v) is 11.6. The van der Waals surface area contributed by atoms with E-state index in [9.17, 15) is 9.90 Å². The van der Waals surface area contributed by atoms with Crippen LogP contribution in [0.1, 0.15) is 49.1 Å². The monoisotopic (exact) mass is 424 g/mol. The van der Waals surface area contributed by atoms with Gasteiger partial charge in [-0.25, -0.2) is 0 Å². The lowest BCUT2D eigenvalue weighted by molar-refractivity contribution is -0.124. The number of halogens is 1. The largest absolute Gasteiger partial charge is 0.395 e. The van der Waals surface area contributed by atoms with Gasteiger partial charge in [-0.05, 0) is 36.1 Å². The van der Waals surface area contributed by atoms with Crippen molar-refractivity contribution in [3.63, 3.8) is 0 Å². The second kappa shape index (κ2) is 8.33. The number of benzene rings is 2. The Kier molecular flexibility index (Phi) is 5.57. The molecule has 1 aliphatic carbocycles. The molecule has 0 aromatic heterocycles. The van der Waals surface area contributed by atoms with E-state index in [2.05, 4.69) is 23.1 Å². The number of amides is 1. The van der Waals surface area contributed by atoms with Crippen molar-refractivity contribution in [2.75, 3.05) is 18.1 Å². The van der Waals surface area contributed by atoms with Crippen LogP contribution in [-0.2, 0) is 11.3 Å². The van der Waals surface area contributed by atoms with Crippen LogP contribution in [0.3, 0.4) is 0 Å². The van der Waals surface area contributed by atoms with E-state index in [1.54, 1.807) is 0 Å². The average molecular weight is 425 g/mol. The molecule has 2 aromatic rings. The minimum absolute atomic E-state index is 0.0550. The van der Waals surface area contributed by atoms with Crippen LogP contribution < -0.4 is 4.90 Å². The summed E-state index contributed by atoms with van der Waals surface area (Å²) in [5, 5.41) is 10.9. The summed E-state index contributed by atoms with van der Waals surface area (Å²) in [6, 6.07) is 16.5. The number of hydrogen-bond donors (Lipinski definition) is 1. The summed E-state index contributed by atoms with van der Waals surface area (Å²) in [5.41, 5.74) is 3.32. The SMILES string of the molecule is O=C(C1CCCCC1)N1C[C@@H]2[C@H](c3ccccc31)[C@H](CO)N2Cc1ccccc1Cl. The smallest absolute Gasteiger partial charge is 0.230 e. The predicted octanol–water partition coefficient (Wildman–Crippen LogP) is 4.60. The summed E-state index contributed by atoms with van der Waals surface area (Å²) in [5.74, 6) is 0.684. The van der Waals surface area contributed by atoms with Crippen LogP contribution >= 0.6 is 11.6 Å². The predicted molar refractivity (Wildman–Crippen MR) is 120 cm³/mol. The number of anilines is 1. The maximum Gasteiger partial charge on any atom is 0.230 e. The van der Waals surface area contributed by atoms with E-state index in [0.29, 0.717) is 13.1 Å². The fraction of sp³-hybridized carbons (Fsp3) is 0.480. The Labute approximate surface area is 183 Å². The first-order chi connectivity index (χ1) is 14.7. The topological polar surface area (TPSA) is 43.8 Å². The van der Waals surface area contributed by atoms with Crippen molar-refractivity contribution >= 4 is 23.2 Å². The zero-order valence-corrected chi connectivity index (χ0v) is 18.0. The van der Waals surface area contributed by atoms with Crippen molar-refractivity contribution < 1.29 is 9.90 Å². The highest BCUT2D eigenvalue weighted by atomic mass is 35.5. The lowest BCUT2D eigenvalue weighted by atomic mass is 9.71. The average Bonchev–Trinajstić information content (AvgIpc) is 2.78. The summed E-state index contributed by atoms with van der Waals surface area (Å²) < 4.78 is 0. The van der Waals surface area contributed by atoms with E-state index < -0.39 is 0 Å². The van der Waals surface area contributed by atoms with Crippen LogP contribution in [0, 0.1) is 5.92 Å². The maximum absolute atomic E-state index is 13.5. The molecule has 158 valence electrons. The molecule has 0 bridgehead atoms. The molecule has 1 saturated heterocycles. The van der Waals surface area contributed by atoms with Crippen LogP contribution in [0.15, 0.2) is 48.5 Å². The van der Waals surface area contributed by atoms with E-state index in [-0.39, 0.29) is 36.4 Å². The number of carbonyl (C=O) groups is 1. The van der Waals surface area contributed by atoms with Gasteiger partial charge >= 0.3 is 0 Å². The quantitative estimate of drug-likeness (QED) is 0.780. The first kappa shape index (κ1) is 20.0. The molecule has 4 nitrogen and oxygen atoms in total. The van der Waals surface area contributed by atoms with Crippen molar-refractivity contribution in [3.8, 4) is 0 Å². The molecule has 0 spiro atoms. The molecule has 1 amide bonds. The molecule has 3 atom stereocenters. The third-order valence-corrected chi connectivity index (χ3v) is 7.72. The molecule has 3 aliphatic rings. The van der Waals surface area contributed by atoms with Gasteiger partial charge in [0.1, 0.15) is 0 Å². The Bertz CT molecular complexity index is 927. The number of aliphatic hydroxyl groups is 1. The molecular weight excluding hydrogens is 396 g/mol. The number of aliphatic hydroxyl groups excluding tert-OH is 1. The van der Waals surface area contributed by atoms with Gasteiger partial charge in [0.15, 0.2) is 0 Å². The number of nitrogens with zero attached hydrogens (tertiary/aromatic N) is 2. The Balaban J connectivity index is 1.45. The molecule has 2 heterocycles. The van der Waals surface area contributed by atoms with Crippen LogP contribution in [-0.4, -0.2) is 41.1 Å². The summed E-state index contributed by atoms with van der Waals surface area (Å²) in [6.45, 7) is 1.49. The highest BCUT2D eigenvalue weighted by Gasteiger charge is 2.53. The molecule has 1 saturated carbocycles. The summed E-state index contributed by atoms with van der Waals surface area (Å²) in [6.07, 6.45) is 5.57. The van der Waals surface area contributed by atoms with Crippen molar-refractivity contribution in [2.24, 2.45) is 5.92 Å². The fourth-order valence-corrected chi connectivity index (χ4v) is 6.00. The standard InChI is InChI=1S/C25H29ClN2O2/c26-20-12-6-4-10-18(20)14-27-22-15-28(25(30)17-8-2-1-3-9-17)21-13-7-5-11-19(21)24(22)23(27)16-29/h4-7,10-13,17,22-24,29H,1-3,8-9,14-16H2/t22-,23+,24+/m1/s1. The van der Waals surface area contributed by atoms with Crippen LogP contribution in [0.2, 0.25) is 5.02 Å². The van der Waals surface area contributed by atoms with E-state index in [1.165, 1.54) is 12.0 Å². The Hall–Kier alpha value is -1.88. The van der Waals surface area contributed by atoms with Crippen LogP contribution in [0.5, 0.6) is 0 Å². The molecule has 0 unspecified atom stereocenters. The van der Waals surface area contributed by atoms with Gasteiger partial charge in [-0.15, -0.1) is 0 Å². The van der Waals surface area contributed by atoms with Crippen molar-refractivity contribution in [2.45, 2.75) is 56.7 Å². The number of fused-ring (bicyclic) bond motifs is 3. The summed E-state index contributed by atoms with van der Waals surface area (Å²) in [7, 11) is 0. The molecule has 2 fully saturated rings. The van der Waals surface area contributed by atoms with Gasteiger partial charge in [0.25, 0.3) is 0 Å². The lowest BCUT2D eigenvalue weighted by Gasteiger charge is -2.59. The molecule has 2 aromatic carbocycles. The third kappa shape index (κ3) is 3.35. The number of hydrogen-bond acceptors (Lipinski definition) is 3. The van der Waals surface area contributed by atoms with Gasteiger partial charge in [-0.2, -0.15) is 0 Å². The number of carbonyl (C=O) groups excluding carboxylic acids is 1. The van der Waals surface area contributed by atoms with E-state index in [0.717, 1.165) is 42.0 Å². The zero-order chi connectivity index (χ0) is 20.7. The summed E-state index contributed by atoms with van der Waals surface area (Å²) in [4.78, 5) is 17.9. The molecular formula is C25H29ClN2O2. The maximum atomic E-state index is 13.5.